The first kappa shape index (κ1) is 22.9. The SMILES string of the molecule is CC(=O)C[C@H]1C(=O)[C@@H]2COC(C)(C)C3CC[C@@](C)(CC32)[C@H]1/C=C/OC(=O)C=C(C)C. The van der Waals surface area contributed by atoms with E-state index in [1.165, 1.54) is 12.3 Å². The molecule has 0 N–H and O–H groups in total. The fourth-order valence-electron chi connectivity index (χ4n) is 6.20. The maximum absolute atomic E-state index is 13.7. The van der Waals surface area contributed by atoms with Crippen LogP contribution in [-0.2, 0) is 23.9 Å². The second kappa shape index (κ2) is 8.41. The van der Waals surface area contributed by atoms with Crippen LogP contribution in [0, 0.1) is 35.0 Å². The van der Waals surface area contributed by atoms with Gasteiger partial charge in [-0.25, -0.2) is 4.79 Å². The Morgan fingerprint density at radius 2 is 1.90 bits per heavy atom. The van der Waals surface area contributed by atoms with Gasteiger partial charge in [-0.1, -0.05) is 12.5 Å². The molecule has 5 heteroatoms. The molecule has 5 nitrogen and oxygen atoms in total. The lowest BCUT2D eigenvalue weighted by Crippen LogP contribution is -2.53. The van der Waals surface area contributed by atoms with E-state index < -0.39 is 11.9 Å². The van der Waals surface area contributed by atoms with Gasteiger partial charge in [0.2, 0.25) is 0 Å². The van der Waals surface area contributed by atoms with E-state index in [1.54, 1.807) is 6.92 Å². The van der Waals surface area contributed by atoms with Crippen LogP contribution >= 0.6 is 0 Å². The molecule has 6 atom stereocenters. The lowest BCUT2D eigenvalue weighted by molar-refractivity contribution is -0.173. The summed E-state index contributed by atoms with van der Waals surface area (Å²) in [5, 5.41) is 0. The Morgan fingerprint density at radius 1 is 1.20 bits per heavy atom. The quantitative estimate of drug-likeness (QED) is 0.371. The lowest BCUT2D eigenvalue weighted by atomic mass is 9.56. The Morgan fingerprint density at radius 3 is 2.53 bits per heavy atom. The highest BCUT2D eigenvalue weighted by molar-refractivity contribution is 5.90. The molecule has 0 aromatic rings. The first-order chi connectivity index (χ1) is 13.9. The summed E-state index contributed by atoms with van der Waals surface area (Å²) >= 11 is 0. The topological polar surface area (TPSA) is 69.7 Å². The van der Waals surface area contributed by atoms with Crippen LogP contribution in [0.15, 0.2) is 24.0 Å². The van der Waals surface area contributed by atoms with Crippen LogP contribution < -0.4 is 0 Å². The van der Waals surface area contributed by atoms with Crippen molar-refractivity contribution in [1.82, 2.24) is 0 Å². The van der Waals surface area contributed by atoms with Gasteiger partial charge < -0.3 is 14.3 Å². The predicted octanol–water partition coefficient (Wildman–Crippen LogP) is 4.65. The van der Waals surface area contributed by atoms with Gasteiger partial charge >= 0.3 is 5.97 Å². The summed E-state index contributed by atoms with van der Waals surface area (Å²) in [5.41, 5.74) is 0.525. The van der Waals surface area contributed by atoms with Crippen LogP contribution in [0.3, 0.4) is 0 Å². The molecule has 0 aromatic heterocycles. The number of ketones is 2. The van der Waals surface area contributed by atoms with Gasteiger partial charge in [-0.3, -0.25) is 4.79 Å². The van der Waals surface area contributed by atoms with Gasteiger partial charge in [0, 0.05) is 24.3 Å². The van der Waals surface area contributed by atoms with E-state index in [0.29, 0.717) is 12.5 Å². The van der Waals surface area contributed by atoms with Crippen molar-refractivity contribution in [3.8, 4) is 0 Å². The number of rotatable bonds is 5. The van der Waals surface area contributed by atoms with Crippen LogP contribution in [0.5, 0.6) is 0 Å². The van der Waals surface area contributed by atoms with E-state index in [1.807, 2.05) is 19.9 Å². The molecule has 1 aliphatic heterocycles. The van der Waals surface area contributed by atoms with E-state index in [2.05, 4.69) is 20.8 Å². The van der Waals surface area contributed by atoms with Crippen molar-refractivity contribution >= 4 is 17.5 Å². The van der Waals surface area contributed by atoms with Gasteiger partial charge in [0.05, 0.1) is 18.5 Å². The van der Waals surface area contributed by atoms with Crippen molar-refractivity contribution in [3.05, 3.63) is 24.0 Å². The third-order valence-electron chi connectivity index (χ3n) is 7.64. The molecule has 166 valence electrons. The largest absolute Gasteiger partial charge is 0.432 e. The molecule has 0 radical (unpaired) electrons. The summed E-state index contributed by atoms with van der Waals surface area (Å²) < 4.78 is 11.4. The van der Waals surface area contributed by atoms with Crippen molar-refractivity contribution < 1.29 is 23.9 Å². The molecule has 3 rings (SSSR count). The number of carbonyl (C=O) groups excluding carboxylic acids is 3. The Bertz CT molecular complexity index is 772. The number of hydrogen-bond acceptors (Lipinski definition) is 5. The van der Waals surface area contributed by atoms with Gasteiger partial charge in [-0.05, 0) is 83.1 Å². The highest BCUT2D eigenvalue weighted by Gasteiger charge is 2.58. The van der Waals surface area contributed by atoms with Crippen molar-refractivity contribution in [2.45, 2.75) is 72.8 Å². The minimum Gasteiger partial charge on any atom is -0.432 e. The molecule has 0 spiro atoms. The molecule has 0 amide bonds. The van der Waals surface area contributed by atoms with Crippen molar-refractivity contribution in [3.63, 3.8) is 0 Å². The molecular weight excluding hydrogens is 380 g/mol. The van der Waals surface area contributed by atoms with E-state index in [-0.39, 0.29) is 46.8 Å². The molecule has 2 bridgehead atoms. The van der Waals surface area contributed by atoms with E-state index >= 15 is 0 Å². The first-order valence-electron chi connectivity index (χ1n) is 11.1. The van der Waals surface area contributed by atoms with E-state index in [0.717, 1.165) is 24.8 Å². The highest BCUT2D eigenvalue weighted by Crippen LogP contribution is 2.59. The second-order valence-corrected chi connectivity index (χ2v) is 10.6. The third kappa shape index (κ3) is 4.46. The summed E-state index contributed by atoms with van der Waals surface area (Å²) in [6.07, 6.45) is 7.87. The number of ether oxygens (including phenoxy) is 2. The average molecular weight is 417 g/mol. The summed E-state index contributed by atoms with van der Waals surface area (Å²) in [6, 6.07) is 0. The summed E-state index contributed by atoms with van der Waals surface area (Å²) in [4.78, 5) is 37.7. The Balaban J connectivity index is 1.95. The zero-order valence-corrected chi connectivity index (χ0v) is 19.2. The molecule has 2 unspecified atom stereocenters. The van der Waals surface area contributed by atoms with E-state index in [4.69, 9.17) is 9.47 Å². The van der Waals surface area contributed by atoms with Gasteiger partial charge in [0.15, 0.2) is 0 Å². The smallest absolute Gasteiger partial charge is 0.335 e. The number of carbonyl (C=O) groups is 3. The first-order valence-corrected chi connectivity index (χ1v) is 11.1. The maximum Gasteiger partial charge on any atom is 0.335 e. The molecule has 0 aromatic carbocycles. The van der Waals surface area contributed by atoms with Crippen LogP contribution in [0.4, 0.5) is 0 Å². The fraction of sp³-hybridized carbons (Fsp3) is 0.720. The summed E-state index contributed by atoms with van der Waals surface area (Å²) in [6.45, 7) is 12.2. The Labute approximate surface area is 180 Å². The fourth-order valence-corrected chi connectivity index (χ4v) is 6.20. The normalized spacial score (nSPS) is 37.4. The van der Waals surface area contributed by atoms with Crippen molar-refractivity contribution in [2.75, 3.05) is 6.61 Å². The standard InChI is InChI=1S/C25H36O5/c1-15(2)11-22(27)29-10-8-21-17(12-16(3)26)23(28)19-14-30-24(4,5)20-7-9-25(21,6)13-18(19)20/h8,10-11,17-21H,7,9,12-14H2,1-6H3/b10-8+/t17-,18?,19-,20?,21+,25+/m1/s1. The maximum atomic E-state index is 13.7. The zero-order chi connectivity index (χ0) is 22.3. The third-order valence-corrected chi connectivity index (χ3v) is 7.64. The number of hydrogen-bond donors (Lipinski definition) is 0. The molecule has 1 heterocycles. The number of esters is 1. The molecule has 3 aliphatic rings. The minimum atomic E-state index is -0.424. The van der Waals surface area contributed by atoms with Crippen LogP contribution in [0.1, 0.15) is 67.2 Å². The molecule has 3 fully saturated rings. The van der Waals surface area contributed by atoms with Crippen molar-refractivity contribution in [2.24, 2.45) is 35.0 Å². The molecule has 1 saturated heterocycles. The monoisotopic (exact) mass is 416 g/mol. The van der Waals surface area contributed by atoms with Gasteiger partial charge in [-0.15, -0.1) is 0 Å². The average Bonchev–Trinajstić information content (AvgIpc) is 2.67. The second-order valence-electron chi connectivity index (χ2n) is 10.6. The Kier molecular flexibility index (Phi) is 6.43. The summed E-state index contributed by atoms with van der Waals surface area (Å²) in [7, 11) is 0. The van der Waals surface area contributed by atoms with Crippen LogP contribution in [0.2, 0.25) is 0 Å². The van der Waals surface area contributed by atoms with E-state index in [9.17, 15) is 14.4 Å². The zero-order valence-electron chi connectivity index (χ0n) is 19.2. The van der Waals surface area contributed by atoms with Crippen LogP contribution in [-0.4, -0.2) is 29.7 Å². The summed E-state index contributed by atoms with van der Waals surface area (Å²) in [5.74, 6) is -0.322. The number of Topliss-reactive ketones (excluding diaryl/α,β-unsaturated/α-hetero) is 2. The Hall–Kier alpha value is -1.75. The minimum absolute atomic E-state index is 0.0157. The van der Waals surface area contributed by atoms with Crippen LogP contribution in [0.25, 0.3) is 0 Å². The van der Waals surface area contributed by atoms with Gasteiger partial charge in [0.25, 0.3) is 0 Å². The highest BCUT2D eigenvalue weighted by atomic mass is 16.5. The van der Waals surface area contributed by atoms with Gasteiger partial charge in [-0.2, -0.15) is 0 Å². The molecular formula is C25H36O5. The van der Waals surface area contributed by atoms with Gasteiger partial charge in [0.1, 0.15) is 11.6 Å². The number of allylic oxidation sites excluding steroid dienone is 2. The molecule has 2 saturated carbocycles. The lowest BCUT2D eigenvalue weighted by Gasteiger charge is -2.53. The molecule has 30 heavy (non-hydrogen) atoms. The molecule has 2 aliphatic carbocycles. The van der Waals surface area contributed by atoms with Crippen molar-refractivity contribution in [1.29, 1.82) is 0 Å². The number of fused-ring (bicyclic) bond motifs is 1. The predicted molar refractivity (Wildman–Crippen MR) is 114 cm³/mol.